The molecule has 0 aliphatic heterocycles. The molecule has 4 nitrogen and oxygen atoms in total. The Labute approximate surface area is 165 Å². The van der Waals surface area contributed by atoms with Crippen LogP contribution in [0.5, 0.6) is 11.5 Å². The summed E-state index contributed by atoms with van der Waals surface area (Å²) in [6.07, 6.45) is 1.19. The van der Waals surface area contributed by atoms with E-state index in [1.807, 2.05) is 19.9 Å². The monoisotopic (exact) mass is 395 g/mol. The zero-order chi connectivity index (χ0) is 19.6. The molecule has 1 N–H and O–H groups in total. The lowest BCUT2D eigenvalue weighted by molar-refractivity contribution is 0.0770. The van der Waals surface area contributed by atoms with Crippen LogP contribution >= 0.6 is 11.6 Å². The van der Waals surface area contributed by atoms with Gasteiger partial charge in [-0.3, -0.25) is 0 Å². The van der Waals surface area contributed by atoms with Crippen LogP contribution in [0.1, 0.15) is 31.4 Å². The minimum absolute atomic E-state index is 0.256. The average Bonchev–Trinajstić information content (AvgIpc) is 2.65. The van der Waals surface area contributed by atoms with E-state index in [1.165, 1.54) is 12.1 Å². The fraction of sp³-hybridized carbons (Fsp3) is 0.429. The van der Waals surface area contributed by atoms with Gasteiger partial charge in [0.1, 0.15) is 12.4 Å². The number of halogens is 2. The van der Waals surface area contributed by atoms with Gasteiger partial charge >= 0.3 is 0 Å². The third-order valence-corrected chi connectivity index (χ3v) is 4.26. The molecular formula is C21H27ClFNO3. The second kappa shape index (κ2) is 11.1. The van der Waals surface area contributed by atoms with Crippen molar-refractivity contribution in [1.29, 1.82) is 0 Å². The van der Waals surface area contributed by atoms with Crippen molar-refractivity contribution in [2.45, 2.75) is 39.5 Å². The van der Waals surface area contributed by atoms with Crippen molar-refractivity contribution >= 4 is 11.6 Å². The van der Waals surface area contributed by atoms with Crippen molar-refractivity contribution in [3.63, 3.8) is 0 Å². The Morgan fingerprint density at radius 2 is 1.85 bits per heavy atom. The van der Waals surface area contributed by atoms with Gasteiger partial charge in [-0.1, -0.05) is 23.7 Å². The van der Waals surface area contributed by atoms with Crippen LogP contribution in [0.2, 0.25) is 5.02 Å². The van der Waals surface area contributed by atoms with Gasteiger partial charge in [-0.2, -0.15) is 0 Å². The van der Waals surface area contributed by atoms with Crippen molar-refractivity contribution in [3.05, 3.63) is 58.4 Å². The lowest BCUT2D eigenvalue weighted by atomic mass is 10.2. The Kier molecular flexibility index (Phi) is 8.85. The molecule has 6 heteroatoms. The molecule has 0 aliphatic carbocycles. The molecule has 0 atom stereocenters. The van der Waals surface area contributed by atoms with Crippen molar-refractivity contribution in [2.75, 3.05) is 20.3 Å². The molecule has 148 valence electrons. The van der Waals surface area contributed by atoms with E-state index < -0.39 is 0 Å². The number of rotatable bonds is 11. The standard InChI is InChI=1S/C21H27ClFNO3/c1-15(2)26-10-4-9-24-13-17-11-20(25-3)21(12-19(17)22)27-14-16-5-7-18(23)8-6-16/h5-8,11-12,15,24H,4,9-10,13-14H2,1-3H3. The van der Waals surface area contributed by atoms with Gasteiger partial charge in [0.25, 0.3) is 0 Å². The Hall–Kier alpha value is -1.82. The minimum Gasteiger partial charge on any atom is -0.493 e. The highest BCUT2D eigenvalue weighted by Crippen LogP contribution is 2.34. The molecule has 0 fully saturated rings. The second-order valence-electron chi connectivity index (χ2n) is 6.46. The van der Waals surface area contributed by atoms with E-state index >= 15 is 0 Å². The van der Waals surface area contributed by atoms with Gasteiger partial charge in [-0.05, 0) is 56.1 Å². The first-order valence-electron chi connectivity index (χ1n) is 9.05. The van der Waals surface area contributed by atoms with E-state index in [9.17, 15) is 4.39 Å². The summed E-state index contributed by atoms with van der Waals surface area (Å²) in [4.78, 5) is 0. The fourth-order valence-corrected chi connectivity index (χ4v) is 2.69. The summed E-state index contributed by atoms with van der Waals surface area (Å²) >= 11 is 6.39. The van der Waals surface area contributed by atoms with Gasteiger partial charge < -0.3 is 19.5 Å². The van der Waals surface area contributed by atoms with Crippen molar-refractivity contribution in [3.8, 4) is 11.5 Å². The Morgan fingerprint density at radius 1 is 1.11 bits per heavy atom. The van der Waals surface area contributed by atoms with Crippen LogP contribution in [-0.2, 0) is 17.9 Å². The molecule has 27 heavy (non-hydrogen) atoms. The highest BCUT2D eigenvalue weighted by atomic mass is 35.5. The van der Waals surface area contributed by atoms with E-state index in [2.05, 4.69) is 5.32 Å². The molecule has 0 aliphatic rings. The zero-order valence-electron chi connectivity index (χ0n) is 16.1. The van der Waals surface area contributed by atoms with Crippen LogP contribution in [0.4, 0.5) is 4.39 Å². The smallest absolute Gasteiger partial charge is 0.163 e. The first-order valence-corrected chi connectivity index (χ1v) is 9.43. The van der Waals surface area contributed by atoms with Crippen LogP contribution in [0, 0.1) is 5.82 Å². The Bertz CT molecular complexity index is 707. The predicted molar refractivity (Wildman–Crippen MR) is 106 cm³/mol. The SMILES string of the molecule is COc1cc(CNCCCOC(C)C)c(Cl)cc1OCc1ccc(F)cc1. The van der Waals surface area contributed by atoms with Gasteiger partial charge in [-0.15, -0.1) is 0 Å². The third kappa shape index (κ3) is 7.37. The summed E-state index contributed by atoms with van der Waals surface area (Å²) in [7, 11) is 1.59. The molecule has 2 rings (SSSR count). The van der Waals surface area contributed by atoms with Gasteiger partial charge in [-0.25, -0.2) is 4.39 Å². The van der Waals surface area contributed by atoms with E-state index in [4.69, 9.17) is 25.8 Å². The maximum atomic E-state index is 13.0. The van der Waals surface area contributed by atoms with Crippen LogP contribution in [0.25, 0.3) is 0 Å². The van der Waals surface area contributed by atoms with Gasteiger partial charge in [0.2, 0.25) is 0 Å². The average molecular weight is 396 g/mol. The topological polar surface area (TPSA) is 39.7 Å². The third-order valence-electron chi connectivity index (χ3n) is 3.90. The number of hydrogen-bond donors (Lipinski definition) is 1. The van der Waals surface area contributed by atoms with Crippen LogP contribution in [0.3, 0.4) is 0 Å². The number of hydrogen-bond acceptors (Lipinski definition) is 4. The molecule has 0 radical (unpaired) electrons. The molecule has 0 bridgehead atoms. The molecular weight excluding hydrogens is 369 g/mol. The molecule has 0 heterocycles. The summed E-state index contributed by atoms with van der Waals surface area (Å²) in [5, 5.41) is 3.96. The van der Waals surface area contributed by atoms with E-state index in [0.29, 0.717) is 29.7 Å². The number of nitrogens with one attached hydrogen (secondary N) is 1. The summed E-state index contributed by atoms with van der Waals surface area (Å²) in [5.41, 5.74) is 1.80. The quantitative estimate of drug-likeness (QED) is 0.545. The normalized spacial score (nSPS) is 11.0. The fourth-order valence-electron chi connectivity index (χ4n) is 2.47. The maximum absolute atomic E-state index is 13.0. The molecule has 0 saturated heterocycles. The van der Waals surface area contributed by atoms with Crippen LogP contribution in [0.15, 0.2) is 36.4 Å². The zero-order valence-corrected chi connectivity index (χ0v) is 16.8. The van der Waals surface area contributed by atoms with Crippen LogP contribution in [-0.4, -0.2) is 26.4 Å². The molecule has 0 unspecified atom stereocenters. The molecule has 2 aromatic rings. The predicted octanol–water partition coefficient (Wildman–Crippen LogP) is 4.97. The van der Waals surface area contributed by atoms with Crippen LogP contribution < -0.4 is 14.8 Å². The lowest BCUT2D eigenvalue weighted by Crippen LogP contribution is -2.17. The van der Waals surface area contributed by atoms with E-state index in [-0.39, 0.29) is 11.9 Å². The molecule has 0 saturated carbocycles. The van der Waals surface area contributed by atoms with Gasteiger partial charge in [0, 0.05) is 24.2 Å². The number of methoxy groups -OCH3 is 1. The summed E-state index contributed by atoms with van der Waals surface area (Å²) < 4.78 is 29.7. The van der Waals surface area contributed by atoms with Gasteiger partial charge in [0.15, 0.2) is 11.5 Å². The second-order valence-corrected chi connectivity index (χ2v) is 6.87. The highest BCUT2D eigenvalue weighted by molar-refractivity contribution is 6.31. The maximum Gasteiger partial charge on any atom is 0.163 e. The molecule has 2 aromatic carbocycles. The molecule has 0 spiro atoms. The van der Waals surface area contributed by atoms with Gasteiger partial charge in [0.05, 0.1) is 13.2 Å². The highest BCUT2D eigenvalue weighted by Gasteiger charge is 2.11. The summed E-state index contributed by atoms with van der Waals surface area (Å²) in [5.74, 6) is 0.898. The summed E-state index contributed by atoms with van der Waals surface area (Å²) in [6.45, 7) is 6.57. The van der Waals surface area contributed by atoms with Crippen molar-refractivity contribution in [2.24, 2.45) is 0 Å². The van der Waals surface area contributed by atoms with E-state index in [1.54, 1.807) is 25.3 Å². The Morgan fingerprint density at radius 3 is 2.52 bits per heavy atom. The first kappa shape index (κ1) is 21.5. The molecule has 0 amide bonds. The summed E-state index contributed by atoms with van der Waals surface area (Å²) in [6, 6.07) is 9.81. The molecule has 0 aromatic heterocycles. The Balaban J connectivity index is 1.90. The van der Waals surface area contributed by atoms with Crippen molar-refractivity contribution < 1.29 is 18.6 Å². The minimum atomic E-state index is -0.271. The first-order chi connectivity index (χ1) is 13.0. The van der Waals surface area contributed by atoms with Crippen molar-refractivity contribution in [1.82, 2.24) is 5.32 Å². The largest absolute Gasteiger partial charge is 0.493 e. The lowest BCUT2D eigenvalue weighted by Gasteiger charge is -2.14. The van der Waals surface area contributed by atoms with E-state index in [0.717, 1.165) is 30.7 Å². The number of benzene rings is 2. The number of ether oxygens (including phenoxy) is 3.